The van der Waals surface area contributed by atoms with E-state index in [4.69, 9.17) is 9.72 Å². The number of rotatable bonds is 4. The summed E-state index contributed by atoms with van der Waals surface area (Å²) < 4.78 is 7.50. The van der Waals surface area contributed by atoms with Crippen molar-refractivity contribution in [1.29, 1.82) is 0 Å². The predicted octanol–water partition coefficient (Wildman–Crippen LogP) is 2.12. The first-order chi connectivity index (χ1) is 8.69. The minimum atomic E-state index is 0.773. The van der Waals surface area contributed by atoms with Gasteiger partial charge in [-0.25, -0.2) is 4.98 Å². The molecule has 96 valence electrons. The SMILES string of the molecule is CNCc1nc(-c2ccccc2OC)n(C)c1C. The van der Waals surface area contributed by atoms with Gasteiger partial charge in [-0.1, -0.05) is 12.1 Å². The Labute approximate surface area is 108 Å². The van der Waals surface area contributed by atoms with Crippen molar-refractivity contribution in [2.24, 2.45) is 7.05 Å². The number of para-hydroxylation sites is 1. The minimum Gasteiger partial charge on any atom is -0.496 e. The van der Waals surface area contributed by atoms with E-state index in [1.807, 2.05) is 38.4 Å². The average molecular weight is 245 g/mol. The second-order valence-electron chi connectivity index (χ2n) is 4.26. The molecule has 1 N–H and O–H groups in total. The zero-order valence-electron chi connectivity index (χ0n) is 11.3. The molecule has 0 radical (unpaired) electrons. The monoisotopic (exact) mass is 245 g/mol. The van der Waals surface area contributed by atoms with E-state index in [0.717, 1.165) is 29.4 Å². The quantitative estimate of drug-likeness (QED) is 0.896. The van der Waals surface area contributed by atoms with Crippen molar-refractivity contribution in [2.75, 3.05) is 14.2 Å². The molecule has 0 saturated carbocycles. The molecule has 0 aliphatic carbocycles. The molecule has 18 heavy (non-hydrogen) atoms. The largest absolute Gasteiger partial charge is 0.496 e. The highest BCUT2D eigenvalue weighted by Gasteiger charge is 2.15. The Kier molecular flexibility index (Phi) is 3.67. The van der Waals surface area contributed by atoms with Crippen LogP contribution < -0.4 is 10.1 Å². The molecule has 0 fully saturated rings. The van der Waals surface area contributed by atoms with Crippen molar-refractivity contribution in [3.63, 3.8) is 0 Å². The Hall–Kier alpha value is -1.81. The zero-order chi connectivity index (χ0) is 13.1. The van der Waals surface area contributed by atoms with E-state index in [1.165, 1.54) is 5.69 Å². The van der Waals surface area contributed by atoms with E-state index in [2.05, 4.69) is 16.8 Å². The van der Waals surface area contributed by atoms with Gasteiger partial charge in [-0.05, 0) is 26.1 Å². The summed E-state index contributed by atoms with van der Waals surface area (Å²) in [5.74, 6) is 1.79. The van der Waals surface area contributed by atoms with Gasteiger partial charge in [0.05, 0.1) is 18.4 Å². The molecule has 1 heterocycles. The van der Waals surface area contributed by atoms with Crippen LogP contribution in [-0.4, -0.2) is 23.7 Å². The van der Waals surface area contributed by atoms with Crippen LogP contribution in [0, 0.1) is 6.92 Å². The molecule has 0 unspecified atom stereocenters. The fourth-order valence-corrected chi connectivity index (χ4v) is 2.04. The lowest BCUT2D eigenvalue weighted by atomic mass is 10.2. The van der Waals surface area contributed by atoms with Crippen LogP contribution in [0.15, 0.2) is 24.3 Å². The van der Waals surface area contributed by atoms with Crippen LogP contribution in [0.25, 0.3) is 11.4 Å². The smallest absolute Gasteiger partial charge is 0.143 e. The van der Waals surface area contributed by atoms with Crippen LogP contribution in [-0.2, 0) is 13.6 Å². The van der Waals surface area contributed by atoms with E-state index < -0.39 is 0 Å². The fourth-order valence-electron chi connectivity index (χ4n) is 2.04. The Morgan fingerprint density at radius 1 is 1.33 bits per heavy atom. The molecule has 0 bridgehead atoms. The van der Waals surface area contributed by atoms with E-state index in [9.17, 15) is 0 Å². The summed E-state index contributed by atoms with van der Waals surface area (Å²) in [6.07, 6.45) is 0. The first-order valence-corrected chi connectivity index (χ1v) is 5.99. The molecule has 2 aromatic rings. The van der Waals surface area contributed by atoms with Crippen LogP contribution in [0.1, 0.15) is 11.4 Å². The molecule has 4 nitrogen and oxygen atoms in total. The van der Waals surface area contributed by atoms with Crippen molar-refractivity contribution in [1.82, 2.24) is 14.9 Å². The minimum absolute atomic E-state index is 0.773. The lowest BCUT2D eigenvalue weighted by Gasteiger charge is -2.08. The van der Waals surface area contributed by atoms with E-state index in [1.54, 1.807) is 7.11 Å². The van der Waals surface area contributed by atoms with Crippen LogP contribution in [0.3, 0.4) is 0 Å². The first-order valence-electron chi connectivity index (χ1n) is 5.99. The van der Waals surface area contributed by atoms with Gasteiger partial charge < -0.3 is 14.6 Å². The van der Waals surface area contributed by atoms with Crippen molar-refractivity contribution in [3.05, 3.63) is 35.7 Å². The summed E-state index contributed by atoms with van der Waals surface area (Å²) in [4.78, 5) is 4.70. The predicted molar refractivity (Wildman–Crippen MR) is 72.7 cm³/mol. The Bertz CT molecular complexity index is 546. The second kappa shape index (κ2) is 5.23. The van der Waals surface area contributed by atoms with Crippen LogP contribution >= 0.6 is 0 Å². The summed E-state index contributed by atoms with van der Waals surface area (Å²) in [6.45, 7) is 2.85. The number of hydrogen-bond donors (Lipinski definition) is 1. The van der Waals surface area contributed by atoms with Gasteiger partial charge in [0.15, 0.2) is 0 Å². The number of imidazole rings is 1. The van der Waals surface area contributed by atoms with Gasteiger partial charge in [0.1, 0.15) is 11.6 Å². The van der Waals surface area contributed by atoms with Crippen LogP contribution in [0.5, 0.6) is 5.75 Å². The second-order valence-corrected chi connectivity index (χ2v) is 4.26. The molecular formula is C14H19N3O. The maximum atomic E-state index is 5.39. The molecule has 0 atom stereocenters. The molecule has 0 saturated heterocycles. The summed E-state index contributed by atoms with van der Waals surface area (Å²) in [6, 6.07) is 7.95. The van der Waals surface area contributed by atoms with E-state index in [0.29, 0.717) is 0 Å². The highest BCUT2D eigenvalue weighted by molar-refractivity contribution is 5.65. The molecule has 1 aromatic heterocycles. The maximum absolute atomic E-state index is 5.39. The molecule has 0 aliphatic heterocycles. The van der Waals surface area contributed by atoms with Crippen LogP contribution in [0.2, 0.25) is 0 Å². The third-order valence-corrected chi connectivity index (χ3v) is 3.17. The Balaban J connectivity index is 2.54. The van der Waals surface area contributed by atoms with Gasteiger partial charge in [-0.15, -0.1) is 0 Å². The number of nitrogens with one attached hydrogen (secondary N) is 1. The maximum Gasteiger partial charge on any atom is 0.143 e. The number of nitrogens with zero attached hydrogens (tertiary/aromatic N) is 2. The van der Waals surface area contributed by atoms with E-state index in [-0.39, 0.29) is 0 Å². The summed E-state index contributed by atoms with van der Waals surface area (Å²) in [5, 5.41) is 3.14. The number of methoxy groups -OCH3 is 1. The molecule has 0 spiro atoms. The third kappa shape index (κ3) is 2.11. The number of ether oxygens (including phenoxy) is 1. The van der Waals surface area contributed by atoms with Gasteiger partial charge in [0, 0.05) is 19.3 Å². The topological polar surface area (TPSA) is 39.1 Å². The first kappa shape index (κ1) is 12.6. The van der Waals surface area contributed by atoms with E-state index >= 15 is 0 Å². The Morgan fingerprint density at radius 3 is 2.72 bits per heavy atom. The number of benzene rings is 1. The average Bonchev–Trinajstić information content (AvgIpc) is 2.67. The summed E-state index contributed by atoms with van der Waals surface area (Å²) in [7, 11) is 5.64. The van der Waals surface area contributed by atoms with Gasteiger partial charge >= 0.3 is 0 Å². The number of aromatic nitrogens is 2. The van der Waals surface area contributed by atoms with Gasteiger partial charge in [0.2, 0.25) is 0 Å². The van der Waals surface area contributed by atoms with Gasteiger partial charge in [-0.3, -0.25) is 0 Å². The van der Waals surface area contributed by atoms with Crippen molar-refractivity contribution in [2.45, 2.75) is 13.5 Å². The third-order valence-electron chi connectivity index (χ3n) is 3.17. The molecule has 4 heteroatoms. The lowest BCUT2D eigenvalue weighted by Crippen LogP contribution is -2.07. The molecule has 1 aromatic carbocycles. The summed E-state index contributed by atoms with van der Waals surface area (Å²) in [5.41, 5.74) is 3.26. The number of hydrogen-bond acceptors (Lipinski definition) is 3. The highest BCUT2D eigenvalue weighted by Crippen LogP contribution is 2.29. The normalized spacial score (nSPS) is 10.7. The van der Waals surface area contributed by atoms with Gasteiger partial charge in [0.25, 0.3) is 0 Å². The molecule has 2 rings (SSSR count). The fraction of sp³-hybridized carbons (Fsp3) is 0.357. The Morgan fingerprint density at radius 2 is 2.06 bits per heavy atom. The van der Waals surface area contributed by atoms with Crippen molar-refractivity contribution >= 4 is 0 Å². The molecular weight excluding hydrogens is 226 g/mol. The van der Waals surface area contributed by atoms with Crippen LogP contribution in [0.4, 0.5) is 0 Å². The van der Waals surface area contributed by atoms with Gasteiger partial charge in [-0.2, -0.15) is 0 Å². The molecule has 0 aliphatic rings. The zero-order valence-corrected chi connectivity index (χ0v) is 11.3. The van der Waals surface area contributed by atoms with Crippen molar-refractivity contribution in [3.8, 4) is 17.1 Å². The standard InChI is InChI=1S/C14H19N3O/c1-10-12(9-15-2)16-14(17(10)3)11-7-5-6-8-13(11)18-4/h5-8,15H,9H2,1-4H3. The highest BCUT2D eigenvalue weighted by atomic mass is 16.5. The van der Waals surface area contributed by atoms with Crippen molar-refractivity contribution < 1.29 is 4.74 Å². The molecule has 0 amide bonds. The summed E-state index contributed by atoms with van der Waals surface area (Å²) >= 11 is 0. The lowest BCUT2D eigenvalue weighted by molar-refractivity contribution is 0.416.